The maximum atomic E-state index is 12.1. The highest BCUT2D eigenvalue weighted by Gasteiger charge is 2.27. The topological polar surface area (TPSA) is 85.1 Å². The number of ether oxygens (including phenoxy) is 2. The van der Waals surface area contributed by atoms with Crippen LogP contribution in [0.25, 0.3) is 0 Å². The quantitative estimate of drug-likeness (QED) is 0.689. The molecule has 1 heterocycles. The first-order chi connectivity index (χ1) is 10.1. The molecule has 0 aromatic rings. The summed E-state index contributed by atoms with van der Waals surface area (Å²) in [5.41, 5.74) is 5.83. The van der Waals surface area contributed by atoms with Crippen LogP contribution < -0.4 is 5.73 Å². The highest BCUT2D eigenvalue weighted by atomic mass is 16.6. The summed E-state index contributed by atoms with van der Waals surface area (Å²) >= 11 is 0. The van der Waals surface area contributed by atoms with Crippen molar-refractivity contribution in [1.29, 1.82) is 0 Å². The molecule has 1 atom stereocenters. The molecule has 0 aromatic heterocycles. The van der Waals surface area contributed by atoms with Gasteiger partial charge in [-0.25, -0.2) is 4.79 Å². The van der Waals surface area contributed by atoms with Crippen LogP contribution in [0.3, 0.4) is 0 Å². The van der Waals surface area contributed by atoms with Crippen LogP contribution >= 0.6 is 0 Å². The minimum absolute atomic E-state index is 0.0777. The fourth-order valence-corrected chi connectivity index (χ4v) is 2.11. The van der Waals surface area contributed by atoms with Crippen molar-refractivity contribution >= 4 is 12.0 Å². The zero-order valence-corrected chi connectivity index (χ0v) is 13.0. The summed E-state index contributed by atoms with van der Waals surface area (Å²) in [5.74, 6) is -0.0777. The normalized spacial score (nSPS) is 16.7. The van der Waals surface area contributed by atoms with Gasteiger partial charge in [-0.15, -0.1) is 0 Å². The number of amides is 2. The Labute approximate surface area is 126 Å². The van der Waals surface area contributed by atoms with E-state index in [2.05, 4.69) is 0 Å². The number of unbranched alkanes of at least 4 members (excludes halogenated alkanes) is 1. The number of methoxy groups -OCH3 is 1. The Morgan fingerprint density at radius 2 is 1.76 bits per heavy atom. The lowest BCUT2D eigenvalue weighted by molar-refractivity contribution is -0.134. The van der Waals surface area contributed by atoms with E-state index >= 15 is 0 Å². The van der Waals surface area contributed by atoms with Crippen molar-refractivity contribution < 1.29 is 19.1 Å². The first-order valence-electron chi connectivity index (χ1n) is 7.55. The molecule has 0 radical (unpaired) electrons. The summed E-state index contributed by atoms with van der Waals surface area (Å²) in [6.07, 6.45) is 2.08. The molecule has 1 aliphatic heterocycles. The van der Waals surface area contributed by atoms with Gasteiger partial charge in [0.1, 0.15) is 0 Å². The van der Waals surface area contributed by atoms with Gasteiger partial charge in [-0.3, -0.25) is 4.79 Å². The van der Waals surface area contributed by atoms with Crippen molar-refractivity contribution in [3.63, 3.8) is 0 Å². The Morgan fingerprint density at radius 3 is 2.33 bits per heavy atom. The SMILES string of the molecule is CCCCOC(=O)N1CCN(C(=O)C(N)CCOC)CC1. The van der Waals surface area contributed by atoms with Crippen LogP contribution in [0.4, 0.5) is 4.79 Å². The van der Waals surface area contributed by atoms with Crippen LogP contribution in [0.5, 0.6) is 0 Å². The monoisotopic (exact) mass is 301 g/mol. The molecule has 2 amide bonds. The molecule has 1 rings (SSSR count). The molecule has 0 bridgehead atoms. The van der Waals surface area contributed by atoms with E-state index < -0.39 is 6.04 Å². The van der Waals surface area contributed by atoms with Crippen LogP contribution in [0, 0.1) is 0 Å². The fraction of sp³-hybridized carbons (Fsp3) is 0.857. The summed E-state index contributed by atoms with van der Waals surface area (Å²) < 4.78 is 10.1. The minimum atomic E-state index is -0.534. The molecule has 7 nitrogen and oxygen atoms in total. The van der Waals surface area contributed by atoms with Crippen molar-refractivity contribution in [1.82, 2.24) is 9.80 Å². The van der Waals surface area contributed by atoms with Crippen molar-refractivity contribution in [2.24, 2.45) is 5.73 Å². The van der Waals surface area contributed by atoms with E-state index in [1.165, 1.54) is 0 Å². The number of rotatable bonds is 7. The highest BCUT2D eigenvalue weighted by Crippen LogP contribution is 2.07. The molecule has 2 N–H and O–H groups in total. The van der Waals surface area contributed by atoms with Gasteiger partial charge in [-0.05, 0) is 12.8 Å². The predicted octanol–water partition coefficient (Wildman–Crippen LogP) is 0.431. The molecule has 0 aromatic carbocycles. The van der Waals surface area contributed by atoms with Crippen molar-refractivity contribution in [2.75, 3.05) is 46.5 Å². The second-order valence-electron chi connectivity index (χ2n) is 5.17. The number of carbonyl (C=O) groups excluding carboxylic acids is 2. The van der Waals surface area contributed by atoms with Gasteiger partial charge in [0.25, 0.3) is 0 Å². The summed E-state index contributed by atoms with van der Waals surface area (Å²) in [7, 11) is 1.58. The lowest BCUT2D eigenvalue weighted by Crippen LogP contribution is -2.54. The third-order valence-corrected chi connectivity index (χ3v) is 3.52. The zero-order chi connectivity index (χ0) is 15.7. The second-order valence-corrected chi connectivity index (χ2v) is 5.17. The smallest absolute Gasteiger partial charge is 0.409 e. The van der Waals surface area contributed by atoms with Crippen LogP contribution in [0.15, 0.2) is 0 Å². The largest absolute Gasteiger partial charge is 0.449 e. The van der Waals surface area contributed by atoms with Gasteiger partial charge in [0.05, 0.1) is 12.6 Å². The number of piperazine rings is 1. The number of nitrogens with zero attached hydrogens (tertiary/aromatic N) is 2. The summed E-state index contributed by atoms with van der Waals surface area (Å²) in [5, 5.41) is 0. The molecular formula is C14H27N3O4. The Kier molecular flexibility index (Phi) is 8.07. The van der Waals surface area contributed by atoms with Crippen LogP contribution in [0.2, 0.25) is 0 Å². The first kappa shape index (κ1) is 17.7. The lowest BCUT2D eigenvalue weighted by atomic mass is 10.2. The van der Waals surface area contributed by atoms with Crippen molar-refractivity contribution in [3.05, 3.63) is 0 Å². The standard InChI is InChI=1S/C14H27N3O4/c1-3-4-10-21-14(19)17-8-6-16(7-9-17)13(18)12(15)5-11-20-2/h12H,3-11,15H2,1-2H3. The summed E-state index contributed by atoms with van der Waals surface area (Å²) in [6.45, 7) is 4.96. The third-order valence-electron chi connectivity index (χ3n) is 3.52. The molecule has 0 saturated carbocycles. The van der Waals surface area contributed by atoms with Crippen LogP contribution in [0.1, 0.15) is 26.2 Å². The highest BCUT2D eigenvalue weighted by molar-refractivity contribution is 5.82. The van der Waals surface area contributed by atoms with Gasteiger partial charge < -0.3 is 25.0 Å². The van der Waals surface area contributed by atoms with Gasteiger partial charge in [-0.2, -0.15) is 0 Å². The molecule has 1 unspecified atom stereocenters. The average molecular weight is 301 g/mol. The second kappa shape index (κ2) is 9.57. The van der Waals surface area contributed by atoms with Gasteiger partial charge >= 0.3 is 6.09 Å². The van der Waals surface area contributed by atoms with Gasteiger partial charge in [0.2, 0.25) is 5.91 Å². The van der Waals surface area contributed by atoms with E-state index in [0.29, 0.717) is 45.8 Å². The van der Waals surface area contributed by atoms with Gasteiger partial charge in [-0.1, -0.05) is 13.3 Å². The van der Waals surface area contributed by atoms with Crippen molar-refractivity contribution in [2.45, 2.75) is 32.2 Å². The van der Waals surface area contributed by atoms with E-state index in [-0.39, 0.29) is 12.0 Å². The molecule has 122 valence electrons. The van der Waals surface area contributed by atoms with Crippen molar-refractivity contribution in [3.8, 4) is 0 Å². The van der Waals surface area contributed by atoms with Crippen LogP contribution in [-0.2, 0) is 14.3 Å². The molecule has 1 fully saturated rings. The Balaban J connectivity index is 2.31. The van der Waals surface area contributed by atoms with E-state index in [0.717, 1.165) is 12.8 Å². The van der Waals surface area contributed by atoms with E-state index in [4.69, 9.17) is 15.2 Å². The number of hydrogen-bond donors (Lipinski definition) is 1. The lowest BCUT2D eigenvalue weighted by Gasteiger charge is -2.35. The molecule has 1 aliphatic rings. The Morgan fingerprint density at radius 1 is 1.14 bits per heavy atom. The maximum absolute atomic E-state index is 12.1. The predicted molar refractivity (Wildman–Crippen MR) is 78.9 cm³/mol. The molecule has 0 spiro atoms. The average Bonchev–Trinajstić information content (AvgIpc) is 2.52. The number of hydrogen-bond acceptors (Lipinski definition) is 5. The Hall–Kier alpha value is -1.34. The molecule has 1 saturated heterocycles. The molecule has 7 heteroatoms. The van der Waals surface area contributed by atoms with Gasteiger partial charge in [0, 0.05) is 39.9 Å². The van der Waals surface area contributed by atoms with Crippen LogP contribution in [-0.4, -0.2) is 74.3 Å². The Bertz CT molecular complexity index is 330. The molecule has 0 aliphatic carbocycles. The molecule has 21 heavy (non-hydrogen) atoms. The van der Waals surface area contributed by atoms with E-state index in [9.17, 15) is 9.59 Å². The first-order valence-corrected chi connectivity index (χ1v) is 7.55. The fourth-order valence-electron chi connectivity index (χ4n) is 2.11. The number of nitrogens with two attached hydrogens (primary N) is 1. The molecular weight excluding hydrogens is 274 g/mol. The maximum Gasteiger partial charge on any atom is 0.409 e. The van der Waals surface area contributed by atoms with E-state index in [1.54, 1.807) is 16.9 Å². The van der Waals surface area contributed by atoms with Gasteiger partial charge in [0.15, 0.2) is 0 Å². The zero-order valence-electron chi connectivity index (χ0n) is 13.0. The third kappa shape index (κ3) is 5.89. The number of carbonyl (C=O) groups is 2. The van der Waals surface area contributed by atoms with E-state index in [1.807, 2.05) is 6.92 Å². The summed E-state index contributed by atoms with van der Waals surface area (Å²) in [4.78, 5) is 27.2. The minimum Gasteiger partial charge on any atom is -0.449 e. The summed E-state index contributed by atoms with van der Waals surface area (Å²) in [6, 6.07) is -0.534.